The summed E-state index contributed by atoms with van der Waals surface area (Å²) in [5.74, 6) is 0.897. The molecule has 0 bridgehead atoms. The lowest BCUT2D eigenvalue weighted by Gasteiger charge is -2.12. The van der Waals surface area contributed by atoms with Gasteiger partial charge in [-0.25, -0.2) is 0 Å². The molecule has 124 valence electrons. The first-order valence-corrected chi connectivity index (χ1v) is 8.61. The summed E-state index contributed by atoms with van der Waals surface area (Å²) in [6.07, 6.45) is 2.21. The third-order valence-electron chi connectivity index (χ3n) is 3.32. The van der Waals surface area contributed by atoms with Crippen LogP contribution in [0.2, 0.25) is 10.0 Å². The lowest BCUT2D eigenvalue weighted by atomic mass is 10.3. The van der Waals surface area contributed by atoms with Gasteiger partial charge in [0.15, 0.2) is 0 Å². The summed E-state index contributed by atoms with van der Waals surface area (Å²) < 4.78 is 5.70. The molecule has 5 heteroatoms. The molecule has 0 heterocycles. The van der Waals surface area contributed by atoms with Crippen LogP contribution >= 0.6 is 23.2 Å². The molecule has 0 fully saturated rings. The van der Waals surface area contributed by atoms with Gasteiger partial charge in [0.05, 0.1) is 22.3 Å². The monoisotopic (exact) mass is 352 g/mol. The predicted octanol–water partition coefficient (Wildman–Crippen LogP) is 5.70. The van der Waals surface area contributed by atoms with Crippen molar-refractivity contribution < 1.29 is 4.74 Å². The van der Waals surface area contributed by atoms with E-state index in [0.29, 0.717) is 10.0 Å². The average molecular weight is 353 g/mol. The summed E-state index contributed by atoms with van der Waals surface area (Å²) in [6, 6.07) is 13.6. The van der Waals surface area contributed by atoms with Crippen LogP contribution in [-0.2, 0) is 0 Å². The van der Waals surface area contributed by atoms with Crippen molar-refractivity contribution in [2.24, 2.45) is 0 Å². The Hall–Kier alpha value is -1.58. The van der Waals surface area contributed by atoms with Gasteiger partial charge in [0.1, 0.15) is 5.75 Å². The molecule has 0 saturated carbocycles. The van der Waals surface area contributed by atoms with Crippen LogP contribution in [0.1, 0.15) is 19.8 Å². The molecule has 23 heavy (non-hydrogen) atoms. The van der Waals surface area contributed by atoms with Crippen LogP contribution in [0.15, 0.2) is 42.5 Å². The van der Waals surface area contributed by atoms with E-state index in [9.17, 15) is 0 Å². The fourth-order valence-electron chi connectivity index (χ4n) is 2.07. The molecular formula is C18H22Cl2N2O. The van der Waals surface area contributed by atoms with Gasteiger partial charge in [-0.2, -0.15) is 0 Å². The normalized spacial score (nSPS) is 10.4. The molecule has 0 spiro atoms. The van der Waals surface area contributed by atoms with E-state index in [0.717, 1.165) is 49.7 Å². The van der Waals surface area contributed by atoms with Crippen LogP contribution in [0.5, 0.6) is 5.75 Å². The van der Waals surface area contributed by atoms with Gasteiger partial charge in [-0.15, -0.1) is 0 Å². The van der Waals surface area contributed by atoms with Crippen molar-refractivity contribution in [3.05, 3.63) is 52.5 Å². The largest absolute Gasteiger partial charge is 0.494 e. The molecule has 0 atom stereocenters. The van der Waals surface area contributed by atoms with Crippen molar-refractivity contribution in [2.75, 3.05) is 30.3 Å². The first-order chi connectivity index (χ1) is 11.2. The Morgan fingerprint density at radius 2 is 1.78 bits per heavy atom. The second-order valence-electron chi connectivity index (χ2n) is 5.18. The van der Waals surface area contributed by atoms with E-state index in [1.165, 1.54) is 0 Å². The van der Waals surface area contributed by atoms with Crippen LogP contribution in [0.25, 0.3) is 0 Å². The topological polar surface area (TPSA) is 33.3 Å². The highest BCUT2D eigenvalue weighted by Gasteiger charge is 2.03. The molecule has 2 aromatic rings. The standard InChI is InChI=1S/C18H22Cl2N2O/c1-2-3-12-23-15-7-4-6-14(13-15)21-10-11-22-17-9-5-8-16(19)18(17)20/h4-9,13,21-22H,2-3,10-12H2,1H3. The lowest BCUT2D eigenvalue weighted by molar-refractivity contribution is 0.309. The Labute approximate surface area is 147 Å². The lowest BCUT2D eigenvalue weighted by Crippen LogP contribution is -2.13. The molecule has 0 unspecified atom stereocenters. The van der Waals surface area contributed by atoms with E-state index < -0.39 is 0 Å². The average Bonchev–Trinajstić information content (AvgIpc) is 2.56. The Kier molecular flexibility index (Phi) is 7.37. The van der Waals surface area contributed by atoms with Crippen LogP contribution in [0, 0.1) is 0 Å². The third-order valence-corrected chi connectivity index (χ3v) is 4.14. The summed E-state index contributed by atoms with van der Waals surface area (Å²) in [5.41, 5.74) is 1.88. The van der Waals surface area contributed by atoms with E-state index in [1.807, 2.05) is 36.4 Å². The smallest absolute Gasteiger partial charge is 0.121 e. The molecule has 0 aliphatic carbocycles. The fraction of sp³-hybridized carbons (Fsp3) is 0.333. The summed E-state index contributed by atoms with van der Waals surface area (Å²) in [7, 11) is 0. The number of benzene rings is 2. The summed E-state index contributed by atoms with van der Waals surface area (Å²) in [5, 5.41) is 7.74. The van der Waals surface area contributed by atoms with Crippen LogP contribution in [0.3, 0.4) is 0 Å². The Balaban J connectivity index is 1.77. The predicted molar refractivity (Wildman–Crippen MR) is 100 cm³/mol. The Morgan fingerprint density at radius 3 is 2.61 bits per heavy atom. The van der Waals surface area contributed by atoms with Gasteiger partial charge in [0, 0.05) is 24.8 Å². The first-order valence-electron chi connectivity index (χ1n) is 7.85. The molecule has 0 radical (unpaired) electrons. The quantitative estimate of drug-likeness (QED) is 0.568. The van der Waals surface area contributed by atoms with E-state index in [2.05, 4.69) is 17.6 Å². The molecule has 0 amide bonds. The van der Waals surface area contributed by atoms with Crippen molar-refractivity contribution in [3.8, 4) is 5.75 Å². The van der Waals surface area contributed by atoms with Gasteiger partial charge in [-0.1, -0.05) is 48.7 Å². The van der Waals surface area contributed by atoms with Gasteiger partial charge in [0.25, 0.3) is 0 Å². The second kappa shape index (κ2) is 9.53. The van der Waals surface area contributed by atoms with Crippen molar-refractivity contribution in [2.45, 2.75) is 19.8 Å². The maximum atomic E-state index is 6.14. The van der Waals surface area contributed by atoms with Crippen molar-refractivity contribution >= 4 is 34.6 Å². The third kappa shape index (κ3) is 5.85. The molecule has 0 aliphatic heterocycles. The van der Waals surface area contributed by atoms with Crippen molar-refractivity contribution in [1.29, 1.82) is 0 Å². The SMILES string of the molecule is CCCCOc1cccc(NCCNc2cccc(Cl)c2Cl)c1. The number of halogens is 2. The second-order valence-corrected chi connectivity index (χ2v) is 5.97. The number of nitrogens with one attached hydrogen (secondary N) is 2. The highest BCUT2D eigenvalue weighted by Crippen LogP contribution is 2.29. The highest BCUT2D eigenvalue weighted by molar-refractivity contribution is 6.43. The van der Waals surface area contributed by atoms with E-state index in [1.54, 1.807) is 6.07 Å². The van der Waals surface area contributed by atoms with E-state index >= 15 is 0 Å². The molecule has 2 rings (SSSR count). The zero-order valence-corrected chi connectivity index (χ0v) is 14.8. The first kappa shape index (κ1) is 17.8. The Bertz CT molecular complexity index is 620. The van der Waals surface area contributed by atoms with E-state index in [4.69, 9.17) is 27.9 Å². The number of hydrogen-bond acceptors (Lipinski definition) is 3. The summed E-state index contributed by atoms with van der Waals surface area (Å²) in [4.78, 5) is 0. The number of unbranched alkanes of at least 4 members (excludes halogenated alkanes) is 1. The minimum atomic E-state index is 0.556. The molecule has 2 aromatic carbocycles. The summed E-state index contributed by atoms with van der Waals surface area (Å²) >= 11 is 12.1. The molecule has 0 saturated heterocycles. The van der Waals surface area contributed by atoms with E-state index in [-0.39, 0.29) is 0 Å². The van der Waals surface area contributed by atoms with Gasteiger partial charge in [-0.3, -0.25) is 0 Å². The molecular weight excluding hydrogens is 331 g/mol. The number of ether oxygens (including phenoxy) is 1. The zero-order chi connectivity index (χ0) is 16.5. The van der Waals surface area contributed by atoms with Crippen LogP contribution < -0.4 is 15.4 Å². The van der Waals surface area contributed by atoms with Crippen molar-refractivity contribution in [1.82, 2.24) is 0 Å². The number of anilines is 2. The minimum Gasteiger partial charge on any atom is -0.494 e. The Morgan fingerprint density at radius 1 is 1.00 bits per heavy atom. The van der Waals surface area contributed by atoms with Crippen LogP contribution in [0.4, 0.5) is 11.4 Å². The maximum Gasteiger partial charge on any atom is 0.121 e. The van der Waals surface area contributed by atoms with Gasteiger partial charge < -0.3 is 15.4 Å². The van der Waals surface area contributed by atoms with Gasteiger partial charge >= 0.3 is 0 Å². The fourth-order valence-corrected chi connectivity index (χ4v) is 2.44. The highest BCUT2D eigenvalue weighted by atomic mass is 35.5. The molecule has 0 aromatic heterocycles. The van der Waals surface area contributed by atoms with Crippen LogP contribution in [-0.4, -0.2) is 19.7 Å². The maximum absolute atomic E-state index is 6.14. The van der Waals surface area contributed by atoms with Crippen molar-refractivity contribution in [3.63, 3.8) is 0 Å². The zero-order valence-electron chi connectivity index (χ0n) is 13.2. The number of rotatable bonds is 9. The number of hydrogen-bond donors (Lipinski definition) is 2. The van der Waals surface area contributed by atoms with Gasteiger partial charge in [0.2, 0.25) is 0 Å². The minimum absolute atomic E-state index is 0.556. The van der Waals surface area contributed by atoms with Gasteiger partial charge in [-0.05, 0) is 30.7 Å². The molecule has 3 nitrogen and oxygen atoms in total. The molecule has 2 N–H and O–H groups in total. The molecule has 0 aliphatic rings. The summed E-state index contributed by atoms with van der Waals surface area (Å²) in [6.45, 7) is 4.41.